The lowest BCUT2D eigenvalue weighted by molar-refractivity contribution is -0.133. The number of aliphatic carboxylic acids is 1. The highest BCUT2D eigenvalue weighted by Crippen LogP contribution is 2.44. The van der Waals surface area contributed by atoms with Gasteiger partial charge in [-0.05, 0) is 12.0 Å². The van der Waals surface area contributed by atoms with E-state index in [4.69, 9.17) is 14.8 Å². The van der Waals surface area contributed by atoms with E-state index < -0.39 is 5.97 Å². The number of anilines is 1. The number of carboxylic acids is 1. The summed E-state index contributed by atoms with van der Waals surface area (Å²) in [6.07, 6.45) is 0.788. The van der Waals surface area contributed by atoms with Crippen LogP contribution in [-0.2, 0) is 21.7 Å². The summed E-state index contributed by atoms with van der Waals surface area (Å²) in [5.74, 6) is 0.715. The molecule has 0 bridgehead atoms. The van der Waals surface area contributed by atoms with Crippen LogP contribution >= 0.6 is 23.5 Å². The van der Waals surface area contributed by atoms with Crippen molar-refractivity contribution in [2.75, 3.05) is 37.0 Å². The minimum absolute atomic E-state index is 0.0525. The predicted molar refractivity (Wildman–Crippen MR) is 99.4 cm³/mol. The number of morpholine rings is 1. The Morgan fingerprint density at radius 3 is 2.80 bits per heavy atom. The first-order valence-corrected chi connectivity index (χ1v) is 10.2. The maximum absolute atomic E-state index is 11.0. The Kier molecular flexibility index (Phi) is 5.46. The molecule has 25 heavy (non-hydrogen) atoms. The van der Waals surface area contributed by atoms with Crippen LogP contribution in [0.3, 0.4) is 0 Å². The van der Waals surface area contributed by atoms with Crippen molar-refractivity contribution >= 4 is 35.3 Å². The zero-order valence-corrected chi connectivity index (χ0v) is 16.0. The fourth-order valence-electron chi connectivity index (χ4n) is 3.11. The van der Waals surface area contributed by atoms with Crippen LogP contribution in [0.25, 0.3) is 0 Å². The minimum atomic E-state index is -0.905. The van der Waals surface area contributed by atoms with Crippen molar-refractivity contribution in [3.8, 4) is 6.07 Å². The average Bonchev–Trinajstić information content (AvgIpc) is 2.58. The maximum atomic E-state index is 11.0. The molecule has 3 rings (SSSR count). The van der Waals surface area contributed by atoms with Gasteiger partial charge in [0.1, 0.15) is 16.9 Å². The third-order valence-corrected chi connectivity index (χ3v) is 6.64. The van der Waals surface area contributed by atoms with Crippen LogP contribution < -0.4 is 4.90 Å². The fraction of sp³-hybridized carbons (Fsp3) is 0.588. The molecule has 8 heteroatoms. The lowest BCUT2D eigenvalue weighted by Gasteiger charge is -2.36. The Morgan fingerprint density at radius 2 is 2.16 bits per heavy atom. The largest absolute Gasteiger partial charge is 0.481 e. The van der Waals surface area contributed by atoms with E-state index in [1.807, 2.05) is 11.8 Å². The fourth-order valence-corrected chi connectivity index (χ4v) is 4.92. The summed E-state index contributed by atoms with van der Waals surface area (Å²) in [5.41, 5.74) is 2.71. The second kappa shape index (κ2) is 7.44. The van der Waals surface area contributed by atoms with Gasteiger partial charge in [-0.15, -0.1) is 0 Å². The van der Waals surface area contributed by atoms with Crippen molar-refractivity contribution in [3.63, 3.8) is 0 Å². The summed E-state index contributed by atoms with van der Waals surface area (Å²) in [4.78, 5) is 17.9. The van der Waals surface area contributed by atoms with Gasteiger partial charge in [0.05, 0.1) is 24.5 Å². The topological polar surface area (TPSA) is 86.5 Å². The van der Waals surface area contributed by atoms with E-state index >= 15 is 0 Å². The molecule has 0 radical (unpaired) electrons. The molecule has 0 amide bonds. The number of carboxylic acid groups (broad SMARTS) is 1. The molecule has 0 unspecified atom stereocenters. The average molecular weight is 380 g/mol. The molecule has 0 aromatic carbocycles. The third-order valence-electron chi connectivity index (χ3n) is 4.32. The molecule has 1 saturated heterocycles. The van der Waals surface area contributed by atoms with E-state index in [2.05, 4.69) is 24.8 Å². The van der Waals surface area contributed by atoms with Crippen molar-refractivity contribution in [2.24, 2.45) is 0 Å². The van der Waals surface area contributed by atoms with E-state index in [1.165, 1.54) is 0 Å². The maximum Gasteiger partial charge on any atom is 0.313 e. The molecule has 0 saturated carbocycles. The van der Waals surface area contributed by atoms with E-state index in [0.717, 1.165) is 54.0 Å². The summed E-state index contributed by atoms with van der Waals surface area (Å²) < 4.78 is 5.50. The number of ether oxygens (including phenoxy) is 1. The summed E-state index contributed by atoms with van der Waals surface area (Å²) in [5, 5.41) is 19.3. The van der Waals surface area contributed by atoms with Crippen LogP contribution in [0.1, 0.15) is 30.5 Å². The molecule has 1 N–H and O–H groups in total. The second-order valence-corrected chi connectivity index (χ2v) is 9.34. The van der Waals surface area contributed by atoms with E-state index in [9.17, 15) is 10.1 Å². The molecule has 1 aromatic heterocycles. The standard InChI is InChI=1S/C17H21N3O3S2/c1-17(2)7-11-12(8-18)16(24-10-14(21)22)19-15(13(11)9-25-17)20-3-5-23-6-4-20/h3-7,9-10H2,1-2H3,(H,21,22). The Balaban J connectivity index is 2.09. The first-order chi connectivity index (χ1) is 11.9. The molecule has 0 spiro atoms. The minimum Gasteiger partial charge on any atom is -0.481 e. The highest BCUT2D eigenvalue weighted by atomic mass is 32.2. The van der Waals surface area contributed by atoms with Gasteiger partial charge in [0.2, 0.25) is 0 Å². The number of aromatic nitrogens is 1. The Labute approximate surface area is 155 Å². The predicted octanol–water partition coefficient (Wildman–Crippen LogP) is 2.53. The number of hydrogen-bond donors (Lipinski definition) is 1. The molecule has 0 atom stereocenters. The van der Waals surface area contributed by atoms with Crippen molar-refractivity contribution in [2.45, 2.75) is 35.8 Å². The highest BCUT2D eigenvalue weighted by Gasteiger charge is 2.33. The van der Waals surface area contributed by atoms with Crippen LogP contribution in [0.15, 0.2) is 5.03 Å². The van der Waals surface area contributed by atoms with Crippen molar-refractivity contribution in [3.05, 3.63) is 16.7 Å². The number of nitriles is 1. The SMILES string of the molecule is CC1(C)Cc2c(C#N)c(SCC(=O)O)nc(N3CCOCC3)c2CS1. The Bertz CT molecular complexity index is 725. The smallest absolute Gasteiger partial charge is 0.313 e. The molecule has 6 nitrogen and oxygen atoms in total. The van der Waals surface area contributed by atoms with Gasteiger partial charge in [0.15, 0.2) is 0 Å². The highest BCUT2D eigenvalue weighted by molar-refractivity contribution is 8.00. The summed E-state index contributed by atoms with van der Waals surface area (Å²) in [6.45, 7) is 7.21. The first kappa shape index (κ1) is 18.4. The molecule has 0 aliphatic carbocycles. The number of thioether (sulfide) groups is 2. The number of pyridine rings is 1. The summed E-state index contributed by atoms with van der Waals surface area (Å²) in [7, 11) is 0. The zero-order chi connectivity index (χ0) is 18.0. The van der Waals surface area contributed by atoms with Gasteiger partial charge in [-0.1, -0.05) is 25.6 Å². The summed E-state index contributed by atoms with van der Waals surface area (Å²) >= 11 is 3.01. The van der Waals surface area contributed by atoms with Crippen LogP contribution in [0.5, 0.6) is 0 Å². The molecule has 2 aliphatic rings. The number of fused-ring (bicyclic) bond motifs is 1. The lowest BCUT2D eigenvalue weighted by atomic mass is 9.94. The molecule has 134 valence electrons. The van der Waals surface area contributed by atoms with Gasteiger partial charge in [-0.3, -0.25) is 4.79 Å². The van der Waals surface area contributed by atoms with Crippen LogP contribution in [-0.4, -0.2) is 52.9 Å². The zero-order valence-electron chi connectivity index (χ0n) is 14.4. The van der Waals surface area contributed by atoms with E-state index in [1.54, 1.807) is 0 Å². The van der Waals surface area contributed by atoms with Gasteiger partial charge in [-0.25, -0.2) is 4.98 Å². The van der Waals surface area contributed by atoms with Crippen molar-refractivity contribution in [1.82, 2.24) is 4.98 Å². The summed E-state index contributed by atoms with van der Waals surface area (Å²) in [6, 6.07) is 2.29. The number of hydrogen-bond acceptors (Lipinski definition) is 7. The number of carbonyl (C=O) groups is 1. The molecular formula is C17H21N3O3S2. The number of rotatable bonds is 4. The Hall–Kier alpha value is -1.43. The first-order valence-electron chi connectivity index (χ1n) is 8.18. The van der Waals surface area contributed by atoms with Gasteiger partial charge in [-0.2, -0.15) is 17.0 Å². The van der Waals surface area contributed by atoms with Gasteiger partial charge in [0.25, 0.3) is 0 Å². The molecule has 2 aliphatic heterocycles. The normalized spacial score (nSPS) is 19.2. The molecule has 1 aromatic rings. The molecule has 3 heterocycles. The number of nitrogens with zero attached hydrogens (tertiary/aromatic N) is 3. The Morgan fingerprint density at radius 1 is 1.44 bits per heavy atom. The molecule has 1 fully saturated rings. The van der Waals surface area contributed by atoms with Gasteiger partial charge in [0, 0.05) is 29.2 Å². The third kappa shape index (κ3) is 4.05. The van der Waals surface area contributed by atoms with Crippen LogP contribution in [0, 0.1) is 11.3 Å². The lowest BCUT2D eigenvalue weighted by Crippen LogP contribution is -2.38. The molecular weight excluding hydrogens is 358 g/mol. The monoisotopic (exact) mass is 379 g/mol. The van der Waals surface area contributed by atoms with Crippen LogP contribution in [0.2, 0.25) is 0 Å². The van der Waals surface area contributed by atoms with Crippen molar-refractivity contribution < 1.29 is 14.6 Å². The van der Waals surface area contributed by atoms with Crippen LogP contribution in [0.4, 0.5) is 5.82 Å². The van der Waals surface area contributed by atoms with Gasteiger partial charge < -0.3 is 14.7 Å². The second-order valence-electron chi connectivity index (χ2n) is 6.69. The van der Waals surface area contributed by atoms with E-state index in [0.29, 0.717) is 23.8 Å². The van der Waals surface area contributed by atoms with Crippen molar-refractivity contribution in [1.29, 1.82) is 5.26 Å². The van der Waals surface area contributed by atoms with E-state index in [-0.39, 0.29) is 10.5 Å². The van der Waals surface area contributed by atoms with Gasteiger partial charge >= 0.3 is 5.97 Å². The quantitative estimate of drug-likeness (QED) is 0.799.